The van der Waals surface area contributed by atoms with E-state index in [9.17, 15) is 4.79 Å². The Morgan fingerprint density at radius 2 is 1.68 bits per heavy atom. The number of hydrogen-bond acceptors (Lipinski definition) is 2. The van der Waals surface area contributed by atoms with Crippen LogP contribution in [0.4, 0.5) is 0 Å². The van der Waals surface area contributed by atoms with Gasteiger partial charge >= 0.3 is 0 Å². The van der Waals surface area contributed by atoms with E-state index in [-0.39, 0.29) is 5.91 Å². The average Bonchev–Trinajstić information content (AvgIpc) is 2.72. The maximum atomic E-state index is 12.1. The van der Waals surface area contributed by atoms with Crippen LogP contribution in [-0.2, 0) is 6.42 Å². The fraction of sp³-hybridized carbons (Fsp3) is 0.267. The highest BCUT2D eigenvalue weighted by Crippen LogP contribution is 2.08. The van der Waals surface area contributed by atoms with Crippen LogP contribution in [0, 0.1) is 13.8 Å². The van der Waals surface area contributed by atoms with E-state index in [2.05, 4.69) is 5.43 Å². The molecule has 1 aromatic heterocycles. The number of rotatable bonds is 4. The second-order valence-corrected chi connectivity index (χ2v) is 4.63. The molecule has 0 aliphatic rings. The Hall–Kier alpha value is -2.07. The Morgan fingerprint density at radius 3 is 2.21 bits per heavy atom. The summed E-state index contributed by atoms with van der Waals surface area (Å²) in [5.74, 6) is -0.110. The predicted molar refractivity (Wildman–Crippen MR) is 76.8 cm³/mol. The van der Waals surface area contributed by atoms with E-state index >= 15 is 0 Å². The molecule has 0 saturated heterocycles. The molecule has 0 fully saturated rings. The van der Waals surface area contributed by atoms with Gasteiger partial charge in [-0.3, -0.25) is 14.9 Å². The van der Waals surface area contributed by atoms with Gasteiger partial charge in [-0.2, -0.15) is 0 Å². The fourth-order valence-electron chi connectivity index (χ4n) is 2.00. The minimum Gasteiger partial charge on any atom is -0.330 e. The molecule has 100 valence electrons. The van der Waals surface area contributed by atoms with Crippen LogP contribution in [0.2, 0.25) is 0 Å². The lowest BCUT2D eigenvalue weighted by atomic mass is 10.1. The summed E-state index contributed by atoms with van der Waals surface area (Å²) < 4.78 is 1.79. The summed E-state index contributed by atoms with van der Waals surface area (Å²) in [6.07, 6.45) is 0.831. The van der Waals surface area contributed by atoms with Crippen molar-refractivity contribution in [2.24, 2.45) is 5.73 Å². The van der Waals surface area contributed by atoms with Crippen molar-refractivity contribution < 1.29 is 4.79 Å². The molecule has 0 saturated carbocycles. The number of nitrogens with two attached hydrogens (primary N) is 1. The van der Waals surface area contributed by atoms with Gasteiger partial charge < -0.3 is 5.73 Å². The molecule has 1 heterocycles. The van der Waals surface area contributed by atoms with Crippen LogP contribution in [-0.4, -0.2) is 17.1 Å². The van der Waals surface area contributed by atoms with Crippen LogP contribution in [0.5, 0.6) is 0 Å². The molecule has 0 bridgehead atoms. The lowest BCUT2D eigenvalue weighted by molar-refractivity contribution is 0.101. The lowest BCUT2D eigenvalue weighted by Crippen LogP contribution is -2.24. The number of hydrogen-bond donors (Lipinski definition) is 2. The van der Waals surface area contributed by atoms with Crippen molar-refractivity contribution in [3.05, 3.63) is 58.9 Å². The van der Waals surface area contributed by atoms with E-state index in [1.807, 2.05) is 50.2 Å². The predicted octanol–water partition coefficient (Wildman–Crippen LogP) is 1.99. The Kier molecular flexibility index (Phi) is 4.02. The smallest absolute Gasteiger partial charge is 0.270 e. The largest absolute Gasteiger partial charge is 0.330 e. The highest BCUT2D eigenvalue weighted by molar-refractivity contribution is 6.00. The third kappa shape index (κ3) is 3.03. The van der Waals surface area contributed by atoms with E-state index in [4.69, 9.17) is 5.73 Å². The summed E-state index contributed by atoms with van der Waals surface area (Å²) in [6, 6.07) is 11.5. The zero-order valence-corrected chi connectivity index (χ0v) is 11.3. The van der Waals surface area contributed by atoms with Gasteiger partial charge in [0, 0.05) is 17.0 Å². The minimum absolute atomic E-state index is 0.110. The van der Waals surface area contributed by atoms with Gasteiger partial charge in [-0.15, -0.1) is 0 Å². The molecule has 0 atom stereocenters. The van der Waals surface area contributed by atoms with Crippen molar-refractivity contribution in [1.82, 2.24) is 4.68 Å². The summed E-state index contributed by atoms with van der Waals surface area (Å²) in [5, 5.41) is 0. The van der Waals surface area contributed by atoms with E-state index in [1.165, 1.54) is 0 Å². The SMILES string of the molecule is Cc1ccc(C)n1NC(=O)c1ccc(CCN)cc1. The Labute approximate surface area is 113 Å². The summed E-state index contributed by atoms with van der Waals surface area (Å²) in [4.78, 5) is 12.1. The summed E-state index contributed by atoms with van der Waals surface area (Å²) >= 11 is 0. The van der Waals surface area contributed by atoms with Crippen LogP contribution in [0.3, 0.4) is 0 Å². The van der Waals surface area contributed by atoms with Gasteiger partial charge in [-0.1, -0.05) is 12.1 Å². The Bertz CT molecular complexity index is 550. The summed E-state index contributed by atoms with van der Waals surface area (Å²) in [5.41, 5.74) is 12.2. The molecule has 0 radical (unpaired) electrons. The molecule has 0 aliphatic carbocycles. The molecular formula is C15H19N3O. The van der Waals surface area contributed by atoms with Crippen LogP contribution in [0.1, 0.15) is 27.3 Å². The molecule has 4 heteroatoms. The first-order chi connectivity index (χ1) is 9.11. The third-order valence-corrected chi connectivity index (χ3v) is 3.13. The van der Waals surface area contributed by atoms with Gasteiger partial charge in [0.1, 0.15) is 0 Å². The van der Waals surface area contributed by atoms with Crippen LogP contribution >= 0.6 is 0 Å². The Balaban J connectivity index is 2.12. The molecule has 1 aromatic carbocycles. The molecule has 3 N–H and O–H groups in total. The van der Waals surface area contributed by atoms with Gasteiger partial charge in [0.05, 0.1) is 0 Å². The highest BCUT2D eigenvalue weighted by Gasteiger charge is 2.08. The first-order valence-electron chi connectivity index (χ1n) is 6.37. The molecule has 0 aliphatic heterocycles. The Morgan fingerprint density at radius 1 is 1.11 bits per heavy atom. The van der Waals surface area contributed by atoms with Crippen molar-refractivity contribution in [1.29, 1.82) is 0 Å². The van der Waals surface area contributed by atoms with Gasteiger partial charge in [-0.25, -0.2) is 0 Å². The average molecular weight is 257 g/mol. The topological polar surface area (TPSA) is 60.0 Å². The number of aromatic nitrogens is 1. The second kappa shape index (κ2) is 5.71. The normalized spacial score (nSPS) is 10.5. The van der Waals surface area contributed by atoms with Crippen LogP contribution in [0.15, 0.2) is 36.4 Å². The molecule has 1 amide bonds. The molecule has 4 nitrogen and oxygen atoms in total. The van der Waals surface area contributed by atoms with Gasteiger partial charge in [0.2, 0.25) is 0 Å². The standard InChI is InChI=1S/C15H19N3O/c1-11-3-4-12(2)18(11)17-15(19)14-7-5-13(6-8-14)9-10-16/h3-8H,9-10,16H2,1-2H3,(H,17,19). The molecule has 0 unspecified atom stereocenters. The fourth-order valence-corrected chi connectivity index (χ4v) is 2.00. The van der Waals surface area contributed by atoms with Gasteiger partial charge in [0.15, 0.2) is 0 Å². The third-order valence-electron chi connectivity index (χ3n) is 3.13. The van der Waals surface area contributed by atoms with Gasteiger partial charge in [0.25, 0.3) is 5.91 Å². The molecule has 0 spiro atoms. The number of benzene rings is 1. The number of aryl methyl sites for hydroxylation is 2. The van der Waals surface area contributed by atoms with Crippen molar-refractivity contribution in [2.45, 2.75) is 20.3 Å². The van der Waals surface area contributed by atoms with Gasteiger partial charge in [-0.05, 0) is 56.6 Å². The summed E-state index contributed by atoms with van der Waals surface area (Å²) in [7, 11) is 0. The zero-order chi connectivity index (χ0) is 13.8. The molecule has 2 rings (SSSR count). The number of nitrogens with zero attached hydrogens (tertiary/aromatic N) is 1. The quantitative estimate of drug-likeness (QED) is 0.880. The molecular weight excluding hydrogens is 238 g/mol. The first-order valence-corrected chi connectivity index (χ1v) is 6.37. The summed E-state index contributed by atoms with van der Waals surface area (Å²) in [6.45, 7) is 4.53. The second-order valence-electron chi connectivity index (χ2n) is 4.63. The van der Waals surface area contributed by atoms with E-state index in [1.54, 1.807) is 4.68 Å². The number of carbonyl (C=O) groups is 1. The number of carbonyl (C=O) groups excluding carboxylic acids is 1. The van der Waals surface area contributed by atoms with Crippen molar-refractivity contribution in [3.8, 4) is 0 Å². The maximum absolute atomic E-state index is 12.1. The highest BCUT2D eigenvalue weighted by atomic mass is 16.2. The number of amides is 1. The number of nitrogens with one attached hydrogen (secondary N) is 1. The zero-order valence-electron chi connectivity index (χ0n) is 11.3. The lowest BCUT2D eigenvalue weighted by Gasteiger charge is -2.11. The monoisotopic (exact) mass is 257 g/mol. The maximum Gasteiger partial charge on any atom is 0.270 e. The van der Waals surface area contributed by atoms with Crippen molar-refractivity contribution in [3.63, 3.8) is 0 Å². The van der Waals surface area contributed by atoms with E-state index < -0.39 is 0 Å². The molecule has 19 heavy (non-hydrogen) atoms. The van der Waals surface area contributed by atoms with Crippen molar-refractivity contribution >= 4 is 5.91 Å². The van der Waals surface area contributed by atoms with Crippen LogP contribution < -0.4 is 11.2 Å². The minimum atomic E-state index is -0.110. The van der Waals surface area contributed by atoms with E-state index in [0.717, 1.165) is 23.4 Å². The van der Waals surface area contributed by atoms with Crippen molar-refractivity contribution in [2.75, 3.05) is 12.0 Å². The first kappa shape index (κ1) is 13.4. The van der Waals surface area contributed by atoms with Crippen LogP contribution in [0.25, 0.3) is 0 Å². The van der Waals surface area contributed by atoms with E-state index in [0.29, 0.717) is 12.1 Å². The molecule has 2 aromatic rings.